The van der Waals surface area contributed by atoms with Crippen molar-refractivity contribution in [2.45, 2.75) is 18.8 Å². The van der Waals surface area contributed by atoms with Crippen molar-refractivity contribution in [2.75, 3.05) is 11.9 Å². The minimum atomic E-state index is -2.46. The Bertz CT molecular complexity index is 334. The molecule has 1 aliphatic carbocycles. The number of alkyl halides is 2. The highest BCUT2D eigenvalue weighted by Gasteiger charge is 2.44. The Kier molecular flexibility index (Phi) is 2.73. The van der Waals surface area contributed by atoms with Gasteiger partial charge >= 0.3 is 0 Å². The van der Waals surface area contributed by atoms with Crippen LogP contribution in [0.3, 0.4) is 0 Å². The van der Waals surface area contributed by atoms with Crippen LogP contribution in [0.4, 0.5) is 14.6 Å². The minimum absolute atomic E-state index is 0.0254. The fourth-order valence-electron chi connectivity index (χ4n) is 1.59. The molecule has 0 bridgehead atoms. The molecule has 0 unspecified atom stereocenters. The zero-order valence-electron chi connectivity index (χ0n) is 7.88. The standard InChI is InChI=1S/C9H10ClF2N3/c10-7-1-2-8(15-14-7)13-5-6-3-9(11,12)4-6/h1-2,6H,3-5H2,(H,13,15). The molecule has 6 heteroatoms. The molecular weight excluding hydrogens is 224 g/mol. The van der Waals surface area contributed by atoms with Crippen molar-refractivity contribution in [3.8, 4) is 0 Å². The van der Waals surface area contributed by atoms with E-state index in [1.165, 1.54) is 0 Å². The summed E-state index contributed by atoms with van der Waals surface area (Å²) in [5.74, 6) is -1.87. The summed E-state index contributed by atoms with van der Waals surface area (Å²) in [6.45, 7) is 0.506. The summed E-state index contributed by atoms with van der Waals surface area (Å²) in [5, 5.41) is 10.7. The topological polar surface area (TPSA) is 37.8 Å². The van der Waals surface area contributed by atoms with Crippen LogP contribution in [-0.2, 0) is 0 Å². The molecule has 0 radical (unpaired) electrons. The fourth-order valence-corrected chi connectivity index (χ4v) is 1.69. The maximum absolute atomic E-state index is 12.5. The van der Waals surface area contributed by atoms with Gasteiger partial charge in [0, 0.05) is 19.4 Å². The Balaban J connectivity index is 1.77. The van der Waals surface area contributed by atoms with Crippen LogP contribution in [0.2, 0.25) is 5.15 Å². The number of nitrogens with one attached hydrogen (secondary N) is 1. The average molecular weight is 234 g/mol. The van der Waals surface area contributed by atoms with Crippen LogP contribution in [0.5, 0.6) is 0 Å². The smallest absolute Gasteiger partial charge is 0.248 e. The van der Waals surface area contributed by atoms with E-state index in [4.69, 9.17) is 11.6 Å². The van der Waals surface area contributed by atoms with Gasteiger partial charge in [-0.2, -0.15) is 0 Å². The number of hydrogen-bond acceptors (Lipinski definition) is 3. The van der Waals surface area contributed by atoms with Crippen LogP contribution >= 0.6 is 11.6 Å². The normalized spacial score (nSPS) is 19.7. The molecule has 1 aliphatic rings. The third-order valence-electron chi connectivity index (χ3n) is 2.38. The van der Waals surface area contributed by atoms with Gasteiger partial charge in [-0.25, -0.2) is 8.78 Å². The van der Waals surface area contributed by atoms with Crippen LogP contribution in [-0.4, -0.2) is 22.7 Å². The van der Waals surface area contributed by atoms with Crippen molar-refractivity contribution in [3.05, 3.63) is 17.3 Å². The van der Waals surface area contributed by atoms with E-state index in [1.54, 1.807) is 12.1 Å². The maximum Gasteiger partial charge on any atom is 0.248 e. The Morgan fingerprint density at radius 3 is 2.67 bits per heavy atom. The summed E-state index contributed by atoms with van der Waals surface area (Å²) >= 11 is 5.55. The predicted molar refractivity (Wildman–Crippen MR) is 53.2 cm³/mol. The Labute approximate surface area is 90.8 Å². The molecule has 1 heterocycles. The zero-order valence-corrected chi connectivity index (χ0v) is 8.64. The zero-order chi connectivity index (χ0) is 10.9. The van der Waals surface area contributed by atoms with Gasteiger partial charge in [-0.1, -0.05) is 11.6 Å². The summed E-state index contributed by atoms with van der Waals surface area (Å²) in [5.41, 5.74) is 0. The lowest BCUT2D eigenvalue weighted by molar-refractivity contribution is -0.106. The highest BCUT2D eigenvalue weighted by atomic mass is 35.5. The van der Waals surface area contributed by atoms with E-state index in [0.717, 1.165) is 0 Å². The van der Waals surface area contributed by atoms with Crippen molar-refractivity contribution in [2.24, 2.45) is 5.92 Å². The number of halogens is 3. The van der Waals surface area contributed by atoms with E-state index in [2.05, 4.69) is 15.5 Å². The first-order valence-corrected chi connectivity index (χ1v) is 5.04. The van der Waals surface area contributed by atoms with Crippen LogP contribution in [0, 0.1) is 5.92 Å². The summed E-state index contributed by atoms with van der Waals surface area (Å²) < 4.78 is 25.0. The van der Waals surface area contributed by atoms with Crippen molar-refractivity contribution in [1.29, 1.82) is 0 Å². The molecule has 0 spiro atoms. The fraction of sp³-hybridized carbons (Fsp3) is 0.556. The molecule has 82 valence electrons. The lowest BCUT2D eigenvalue weighted by atomic mass is 9.81. The lowest BCUT2D eigenvalue weighted by Crippen LogP contribution is -2.39. The molecule has 1 saturated carbocycles. The van der Waals surface area contributed by atoms with E-state index in [1.807, 2.05) is 0 Å². The van der Waals surface area contributed by atoms with E-state index in [-0.39, 0.29) is 18.8 Å². The van der Waals surface area contributed by atoms with Crippen molar-refractivity contribution in [1.82, 2.24) is 10.2 Å². The second-order valence-electron chi connectivity index (χ2n) is 3.75. The minimum Gasteiger partial charge on any atom is -0.368 e. The molecule has 0 saturated heterocycles. The molecule has 2 rings (SSSR count). The van der Waals surface area contributed by atoms with Gasteiger partial charge < -0.3 is 5.32 Å². The van der Waals surface area contributed by atoms with Gasteiger partial charge in [0.15, 0.2) is 5.15 Å². The molecule has 1 aromatic rings. The molecule has 0 atom stereocenters. The van der Waals surface area contributed by atoms with E-state index < -0.39 is 5.92 Å². The summed E-state index contributed by atoms with van der Waals surface area (Å²) in [6.07, 6.45) is -0.0813. The second kappa shape index (κ2) is 3.89. The van der Waals surface area contributed by atoms with Crippen molar-refractivity contribution in [3.63, 3.8) is 0 Å². The predicted octanol–water partition coefficient (Wildman–Crippen LogP) is 2.59. The molecule has 0 aliphatic heterocycles. The molecule has 15 heavy (non-hydrogen) atoms. The first-order chi connectivity index (χ1) is 7.05. The monoisotopic (exact) mass is 233 g/mol. The lowest BCUT2D eigenvalue weighted by Gasteiger charge is -2.34. The average Bonchev–Trinajstić information content (AvgIpc) is 2.14. The van der Waals surface area contributed by atoms with Gasteiger partial charge in [0.1, 0.15) is 5.82 Å². The van der Waals surface area contributed by atoms with Gasteiger partial charge in [0.2, 0.25) is 5.92 Å². The van der Waals surface area contributed by atoms with Gasteiger partial charge in [0.25, 0.3) is 0 Å². The maximum atomic E-state index is 12.5. The van der Waals surface area contributed by atoms with Crippen LogP contribution in [0.1, 0.15) is 12.8 Å². The first kappa shape index (κ1) is 10.5. The van der Waals surface area contributed by atoms with Gasteiger partial charge in [-0.3, -0.25) is 0 Å². The third kappa shape index (κ3) is 2.75. The molecule has 1 aromatic heterocycles. The molecule has 0 aromatic carbocycles. The number of rotatable bonds is 3. The van der Waals surface area contributed by atoms with Gasteiger partial charge in [-0.15, -0.1) is 10.2 Å². The highest BCUT2D eigenvalue weighted by Crippen LogP contribution is 2.42. The highest BCUT2D eigenvalue weighted by molar-refractivity contribution is 6.29. The Morgan fingerprint density at radius 2 is 2.13 bits per heavy atom. The summed E-state index contributed by atoms with van der Waals surface area (Å²) in [4.78, 5) is 0. The largest absolute Gasteiger partial charge is 0.368 e. The number of anilines is 1. The van der Waals surface area contributed by atoms with Crippen molar-refractivity contribution < 1.29 is 8.78 Å². The quantitative estimate of drug-likeness (QED) is 0.872. The molecule has 0 amide bonds. The van der Waals surface area contributed by atoms with Crippen LogP contribution in [0.25, 0.3) is 0 Å². The Morgan fingerprint density at radius 1 is 1.40 bits per heavy atom. The first-order valence-electron chi connectivity index (χ1n) is 4.66. The van der Waals surface area contributed by atoms with Gasteiger partial charge in [-0.05, 0) is 18.1 Å². The van der Waals surface area contributed by atoms with Crippen molar-refractivity contribution >= 4 is 17.4 Å². The molecule has 1 N–H and O–H groups in total. The third-order valence-corrected chi connectivity index (χ3v) is 2.58. The SMILES string of the molecule is FC1(F)CC(CNc2ccc(Cl)nn2)C1. The Hall–Kier alpha value is -0.970. The molecule has 3 nitrogen and oxygen atoms in total. The number of aromatic nitrogens is 2. The second-order valence-corrected chi connectivity index (χ2v) is 4.14. The molecule has 1 fully saturated rings. The number of hydrogen-bond donors (Lipinski definition) is 1. The summed E-state index contributed by atoms with van der Waals surface area (Å²) in [7, 11) is 0. The summed E-state index contributed by atoms with van der Waals surface area (Å²) in [6, 6.07) is 3.28. The van der Waals surface area contributed by atoms with Gasteiger partial charge in [0.05, 0.1) is 0 Å². The van der Waals surface area contributed by atoms with E-state index >= 15 is 0 Å². The van der Waals surface area contributed by atoms with E-state index in [0.29, 0.717) is 17.5 Å². The van der Waals surface area contributed by atoms with Crippen LogP contribution in [0.15, 0.2) is 12.1 Å². The van der Waals surface area contributed by atoms with E-state index in [9.17, 15) is 8.78 Å². The van der Waals surface area contributed by atoms with Crippen LogP contribution < -0.4 is 5.32 Å². The number of nitrogens with zero attached hydrogens (tertiary/aromatic N) is 2. The molecular formula is C9H10ClF2N3.